The summed E-state index contributed by atoms with van der Waals surface area (Å²) in [6, 6.07) is 9.46. The van der Waals surface area contributed by atoms with Crippen molar-refractivity contribution in [2.45, 2.75) is 39.0 Å². The molecule has 0 saturated heterocycles. The molecule has 36 heavy (non-hydrogen) atoms. The Bertz CT molecular complexity index is 1150. The van der Waals surface area contributed by atoms with Gasteiger partial charge in [0, 0.05) is 13.1 Å². The molecule has 0 aliphatic rings. The number of anilines is 1. The van der Waals surface area contributed by atoms with Crippen LogP contribution in [0, 0.1) is 0 Å². The third kappa shape index (κ3) is 7.87. The summed E-state index contributed by atoms with van der Waals surface area (Å²) in [7, 11) is -2.65. The molecule has 1 N–H and O–H groups in total. The minimum atomic E-state index is -4.70. The van der Waals surface area contributed by atoms with Crippen LogP contribution in [0.3, 0.4) is 0 Å². The van der Waals surface area contributed by atoms with E-state index in [0.29, 0.717) is 34.7 Å². The SMILES string of the molecule is CCCNC(=O)[C@@H](C)N(Cc1ccc(OC)cc1)C(=O)CN(c1cccc(C(F)(F)F)c1)S(C)(=O)=O. The summed E-state index contributed by atoms with van der Waals surface area (Å²) < 4.78 is 70.4. The maximum absolute atomic E-state index is 13.4. The first-order chi connectivity index (χ1) is 16.8. The van der Waals surface area contributed by atoms with Crippen molar-refractivity contribution in [3.05, 3.63) is 59.7 Å². The Balaban J connectivity index is 2.42. The first kappa shape index (κ1) is 29.0. The predicted molar refractivity (Wildman–Crippen MR) is 130 cm³/mol. The van der Waals surface area contributed by atoms with Crippen LogP contribution in [0.5, 0.6) is 5.75 Å². The molecule has 0 aliphatic carbocycles. The number of sulfonamides is 1. The molecule has 0 spiro atoms. The second kappa shape index (κ2) is 12.1. The summed E-state index contributed by atoms with van der Waals surface area (Å²) in [4.78, 5) is 27.3. The van der Waals surface area contributed by atoms with Crippen LogP contribution in [0.15, 0.2) is 48.5 Å². The zero-order valence-corrected chi connectivity index (χ0v) is 21.3. The summed E-state index contributed by atoms with van der Waals surface area (Å²) in [5, 5.41) is 2.70. The highest BCUT2D eigenvalue weighted by molar-refractivity contribution is 7.92. The van der Waals surface area contributed by atoms with Gasteiger partial charge in [0.2, 0.25) is 21.8 Å². The molecule has 2 amide bonds. The summed E-state index contributed by atoms with van der Waals surface area (Å²) in [5.41, 5.74) is -0.721. The van der Waals surface area contributed by atoms with Crippen molar-refractivity contribution in [1.29, 1.82) is 0 Å². The molecule has 0 heterocycles. The standard InChI is InChI=1S/C24H30F3N3O5S/c1-5-13-28-23(32)17(2)29(15-18-9-11-21(35-3)12-10-18)22(31)16-30(36(4,33)34)20-8-6-7-19(14-20)24(25,26)27/h6-12,14,17H,5,13,15-16H2,1-4H3,(H,28,32)/t17-/m1/s1. The van der Waals surface area contributed by atoms with Crippen molar-refractivity contribution in [3.8, 4) is 5.75 Å². The Morgan fingerprint density at radius 1 is 1.11 bits per heavy atom. The number of methoxy groups -OCH3 is 1. The third-order valence-electron chi connectivity index (χ3n) is 5.37. The molecule has 0 unspecified atom stereocenters. The number of hydrogen-bond acceptors (Lipinski definition) is 5. The van der Waals surface area contributed by atoms with Crippen LogP contribution in [-0.4, -0.2) is 57.6 Å². The van der Waals surface area contributed by atoms with Gasteiger partial charge < -0.3 is 15.0 Å². The highest BCUT2D eigenvalue weighted by Crippen LogP contribution is 2.32. The molecule has 0 fully saturated rings. The molecule has 2 aromatic rings. The molecule has 0 aliphatic heterocycles. The van der Waals surface area contributed by atoms with E-state index < -0.39 is 46.2 Å². The average molecular weight is 530 g/mol. The lowest BCUT2D eigenvalue weighted by molar-refractivity contribution is -0.139. The first-order valence-corrected chi connectivity index (χ1v) is 13.0. The van der Waals surface area contributed by atoms with Gasteiger partial charge in [0.15, 0.2) is 0 Å². The Kier molecular flexibility index (Phi) is 9.74. The number of amides is 2. The molecular weight excluding hydrogens is 499 g/mol. The Morgan fingerprint density at radius 2 is 1.75 bits per heavy atom. The van der Waals surface area contributed by atoms with E-state index in [4.69, 9.17) is 4.74 Å². The van der Waals surface area contributed by atoms with E-state index in [-0.39, 0.29) is 12.2 Å². The number of hydrogen-bond donors (Lipinski definition) is 1. The highest BCUT2D eigenvalue weighted by atomic mass is 32.2. The van der Waals surface area contributed by atoms with Crippen molar-refractivity contribution in [1.82, 2.24) is 10.2 Å². The zero-order chi connectivity index (χ0) is 27.1. The summed E-state index contributed by atoms with van der Waals surface area (Å²) in [6.07, 6.45) is -3.23. The molecule has 0 saturated carbocycles. The number of benzene rings is 2. The van der Waals surface area contributed by atoms with Crippen molar-refractivity contribution in [2.75, 3.05) is 30.8 Å². The summed E-state index contributed by atoms with van der Waals surface area (Å²) in [6.45, 7) is 2.92. The van der Waals surface area contributed by atoms with Crippen LogP contribution in [0.2, 0.25) is 0 Å². The largest absolute Gasteiger partial charge is 0.497 e. The second-order valence-electron chi connectivity index (χ2n) is 8.15. The highest BCUT2D eigenvalue weighted by Gasteiger charge is 2.33. The molecule has 0 aromatic heterocycles. The van der Waals surface area contributed by atoms with Gasteiger partial charge in [-0.05, 0) is 49.2 Å². The predicted octanol–water partition coefficient (Wildman–Crippen LogP) is 3.42. The van der Waals surface area contributed by atoms with E-state index in [0.717, 1.165) is 18.4 Å². The van der Waals surface area contributed by atoms with Gasteiger partial charge in [-0.25, -0.2) is 8.42 Å². The monoisotopic (exact) mass is 529 g/mol. The molecule has 198 valence electrons. The van der Waals surface area contributed by atoms with E-state index in [2.05, 4.69) is 5.32 Å². The number of alkyl halides is 3. The lowest BCUT2D eigenvalue weighted by Crippen LogP contribution is -2.51. The Labute approximate surface area is 209 Å². The van der Waals surface area contributed by atoms with Gasteiger partial charge >= 0.3 is 6.18 Å². The number of carbonyl (C=O) groups is 2. The summed E-state index contributed by atoms with van der Waals surface area (Å²) in [5.74, 6) is -0.616. The number of carbonyl (C=O) groups excluding carboxylic acids is 2. The quantitative estimate of drug-likeness (QED) is 0.481. The maximum Gasteiger partial charge on any atom is 0.416 e. The first-order valence-electron chi connectivity index (χ1n) is 11.1. The smallest absolute Gasteiger partial charge is 0.416 e. The van der Waals surface area contributed by atoms with E-state index >= 15 is 0 Å². The number of nitrogens with one attached hydrogen (secondary N) is 1. The molecule has 8 nitrogen and oxygen atoms in total. The van der Waals surface area contributed by atoms with E-state index in [9.17, 15) is 31.2 Å². The van der Waals surface area contributed by atoms with Gasteiger partial charge in [-0.1, -0.05) is 25.1 Å². The van der Waals surface area contributed by atoms with Crippen molar-refractivity contribution in [3.63, 3.8) is 0 Å². The Hall–Kier alpha value is -3.28. The fourth-order valence-electron chi connectivity index (χ4n) is 3.36. The van der Waals surface area contributed by atoms with Crippen molar-refractivity contribution < 1.29 is 35.9 Å². The topological polar surface area (TPSA) is 96.0 Å². The van der Waals surface area contributed by atoms with Crippen LogP contribution in [0.4, 0.5) is 18.9 Å². The van der Waals surface area contributed by atoms with Crippen LogP contribution in [0.1, 0.15) is 31.4 Å². The molecule has 2 aromatic carbocycles. The van der Waals surface area contributed by atoms with Gasteiger partial charge in [-0.15, -0.1) is 0 Å². The fourth-order valence-corrected chi connectivity index (χ4v) is 4.20. The molecule has 1 atom stereocenters. The van der Waals surface area contributed by atoms with Gasteiger partial charge in [-0.3, -0.25) is 13.9 Å². The van der Waals surface area contributed by atoms with Crippen molar-refractivity contribution >= 4 is 27.5 Å². The number of halogens is 3. The second-order valence-corrected chi connectivity index (χ2v) is 10.1. The lowest BCUT2D eigenvalue weighted by atomic mass is 10.1. The van der Waals surface area contributed by atoms with Crippen LogP contribution in [0.25, 0.3) is 0 Å². The fraction of sp³-hybridized carbons (Fsp3) is 0.417. The van der Waals surface area contributed by atoms with E-state index in [1.807, 2.05) is 6.92 Å². The third-order valence-corrected chi connectivity index (χ3v) is 6.51. The van der Waals surface area contributed by atoms with Crippen molar-refractivity contribution in [2.24, 2.45) is 0 Å². The average Bonchev–Trinajstić information content (AvgIpc) is 2.83. The molecule has 0 bridgehead atoms. The zero-order valence-electron chi connectivity index (χ0n) is 20.5. The van der Waals surface area contributed by atoms with Gasteiger partial charge in [0.1, 0.15) is 18.3 Å². The lowest BCUT2D eigenvalue weighted by Gasteiger charge is -2.31. The minimum Gasteiger partial charge on any atom is -0.497 e. The van der Waals surface area contributed by atoms with Crippen LogP contribution in [-0.2, 0) is 32.3 Å². The van der Waals surface area contributed by atoms with E-state index in [1.165, 1.54) is 25.0 Å². The number of nitrogens with zero attached hydrogens (tertiary/aromatic N) is 2. The Morgan fingerprint density at radius 3 is 2.28 bits per heavy atom. The van der Waals surface area contributed by atoms with Crippen LogP contribution >= 0.6 is 0 Å². The molecule has 12 heteroatoms. The van der Waals surface area contributed by atoms with Gasteiger partial charge in [0.25, 0.3) is 0 Å². The van der Waals surface area contributed by atoms with Crippen LogP contribution < -0.4 is 14.4 Å². The minimum absolute atomic E-state index is 0.0380. The van der Waals surface area contributed by atoms with Gasteiger partial charge in [-0.2, -0.15) is 13.2 Å². The molecule has 0 radical (unpaired) electrons. The summed E-state index contributed by atoms with van der Waals surface area (Å²) >= 11 is 0. The molecular formula is C24H30F3N3O5S. The van der Waals surface area contributed by atoms with Gasteiger partial charge in [0.05, 0.1) is 24.6 Å². The maximum atomic E-state index is 13.4. The number of rotatable bonds is 11. The molecule has 2 rings (SSSR count). The number of ether oxygens (including phenoxy) is 1. The normalized spacial score (nSPS) is 12.5. The van der Waals surface area contributed by atoms with E-state index in [1.54, 1.807) is 24.3 Å².